The molecule has 1 amide bonds. The summed E-state index contributed by atoms with van der Waals surface area (Å²) in [6, 6.07) is 8.83. The second-order valence-electron chi connectivity index (χ2n) is 5.40. The number of nitrogens with one attached hydrogen (secondary N) is 1. The first-order valence-corrected chi connectivity index (χ1v) is 9.32. The van der Waals surface area contributed by atoms with Crippen LogP contribution in [0.2, 0.25) is 0 Å². The molecule has 27 heavy (non-hydrogen) atoms. The van der Waals surface area contributed by atoms with E-state index in [-0.39, 0.29) is 11.7 Å². The van der Waals surface area contributed by atoms with E-state index in [2.05, 4.69) is 15.0 Å². The summed E-state index contributed by atoms with van der Waals surface area (Å²) in [5.41, 5.74) is 1.52. The van der Waals surface area contributed by atoms with Crippen LogP contribution in [0.25, 0.3) is 15.5 Å². The SMILES string of the molecule is O=C(Nc1ccc(OC(F)(F)F)cc1)c1csc2nc(-c3cccs3)cn12. The molecule has 0 atom stereocenters. The molecule has 4 aromatic rings. The van der Waals surface area contributed by atoms with E-state index in [0.29, 0.717) is 16.3 Å². The van der Waals surface area contributed by atoms with Crippen LogP contribution in [-0.4, -0.2) is 21.7 Å². The molecular weight excluding hydrogens is 399 g/mol. The molecule has 0 aliphatic carbocycles. The summed E-state index contributed by atoms with van der Waals surface area (Å²) in [7, 11) is 0. The molecule has 0 fully saturated rings. The van der Waals surface area contributed by atoms with Crippen LogP contribution in [0.15, 0.2) is 53.4 Å². The molecule has 0 spiro atoms. The van der Waals surface area contributed by atoms with Gasteiger partial charge >= 0.3 is 6.36 Å². The molecule has 0 radical (unpaired) electrons. The summed E-state index contributed by atoms with van der Waals surface area (Å²) in [6.07, 6.45) is -2.97. The highest BCUT2D eigenvalue weighted by Crippen LogP contribution is 2.28. The van der Waals surface area contributed by atoms with Gasteiger partial charge in [-0.2, -0.15) is 0 Å². The van der Waals surface area contributed by atoms with Crippen molar-refractivity contribution >= 4 is 39.2 Å². The van der Waals surface area contributed by atoms with Gasteiger partial charge in [-0.15, -0.1) is 35.8 Å². The molecule has 10 heteroatoms. The van der Waals surface area contributed by atoms with E-state index in [4.69, 9.17) is 0 Å². The summed E-state index contributed by atoms with van der Waals surface area (Å²) in [5, 5.41) is 6.28. The first kappa shape index (κ1) is 17.6. The number of hydrogen-bond acceptors (Lipinski definition) is 5. The number of nitrogens with zero attached hydrogens (tertiary/aromatic N) is 2. The highest BCUT2D eigenvalue weighted by atomic mass is 32.1. The molecule has 0 saturated heterocycles. The quantitative estimate of drug-likeness (QED) is 0.499. The predicted octanol–water partition coefficient (Wildman–Crippen LogP) is 5.28. The van der Waals surface area contributed by atoms with Crippen LogP contribution >= 0.6 is 22.7 Å². The molecule has 0 aliphatic rings. The Morgan fingerprint density at radius 2 is 1.93 bits per heavy atom. The number of carbonyl (C=O) groups excluding carboxylic acids is 1. The number of hydrogen-bond donors (Lipinski definition) is 1. The van der Waals surface area contributed by atoms with E-state index in [0.717, 1.165) is 22.7 Å². The average Bonchev–Trinajstić information content (AvgIpc) is 3.31. The van der Waals surface area contributed by atoms with Gasteiger partial charge in [-0.05, 0) is 35.7 Å². The maximum atomic E-state index is 12.5. The zero-order chi connectivity index (χ0) is 19.0. The van der Waals surface area contributed by atoms with Crippen molar-refractivity contribution in [1.29, 1.82) is 0 Å². The summed E-state index contributed by atoms with van der Waals surface area (Å²) >= 11 is 2.88. The van der Waals surface area contributed by atoms with Crippen molar-refractivity contribution in [1.82, 2.24) is 9.38 Å². The Bertz CT molecular complexity index is 1080. The number of aromatic nitrogens is 2. The van der Waals surface area contributed by atoms with E-state index in [9.17, 15) is 18.0 Å². The number of carbonyl (C=O) groups is 1. The van der Waals surface area contributed by atoms with E-state index < -0.39 is 6.36 Å². The number of thiophene rings is 1. The highest BCUT2D eigenvalue weighted by molar-refractivity contribution is 7.15. The Hall–Kier alpha value is -2.85. The third-order valence-electron chi connectivity index (χ3n) is 3.56. The van der Waals surface area contributed by atoms with Crippen LogP contribution in [0.4, 0.5) is 18.9 Å². The Morgan fingerprint density at radius 3 is 2.59 bits per heavy atom. The second-order valence-corrected chi connectivity index (χ2v) is 7.19. The third kappa shape index (κ3) is 3.81. The standard InChI is InChI=1S/C17H10F3N3O2S2/c18-17(19,20)25-11-5-3-10(4-6-11)21-15(24)13-9-27-16-22-12(8-23(13)16)14-2-1-7-26-14/h1-9H,(H,21,24). The molecule has 4 rings (SSSR count). The van der Waals surface area contributed by atoms with Crippen molar-refractivity contribution < 1.29 is 22.7 Å². The van der Waals surface area contributed by atoms with Crippen molar-refractivity contribution in [2.24, 2.45) is 0 Å². The van der Waals surface area contributed by atoms with Gasteiger partial charge in [-0.25, -0.2) is 4.98 Å². The van der Waals surface area contributed by atoms with Crippen LogP contribution in [0, 0.1) is 0 Å². The van der Waals surface area contributed by atoms with Crippen LogP contribution in [0.1, 0.15) is 10.5 Å². The zero-order valence-corrected chi connectivity index (χ0v) is 15.0. The first-order chi connectivity index (χ1) is 12.9. The minimum absolute atomic E-state index is 0.353. The lowest BCUT2D eigenvalue weighted by Gasteiger charge is -2.09. The van der Waals surface area contributed by atoms with Crippen LogP contribution in [0.5, 0.6) is 5.75 Å². The fraction of sp³-hybridized carbons (Fsp3) is 0.0588. The fourth-order valence-electron chi connectivity index (χ4n) is 2.43. The maximum absolute atomic E-state index is 12.5. The number of halogens is 3. The molecule has 0 unspecified atom stereocenters. The lowest BCUT2D eigenvalue weighted by molar-refractivity contribution is -0.274. The number of fused-ring (bicyclic) bond motifs is 1. The monoisotopic (exact) mass is 409 g/mol. The highest BCUT2D eigenvalue weighted by Gasteiger charge is 2.31. The fourth-order valence-corrected chi connectivity index (χ4v) is 3.96. The number of anilines is 1. The minimum Gasteiger partial charge on any atom is -0.406 e. The molecule has 138 valence electrons. The van der Waals surface area contributed by atoms with Crippen molar-refractivity contribution in [3.05, 3.63) is 59.0 Å². The molecule has 5 nitrogen and oxygen atoms in total. The number of imidazole rings is 1. The van der Waals surface area contributed by atoms with Crippen molar-refractivity contribution in [2.75, 3.05) is 5.32 Å². The van der Waals surface area contributed by atoms with Crippen molar-refractivity contribution in [2.45, 2.75) is 6.36 Å². The lowest BCUT2D eigenvalue weighted by atomic mass is 10.3. The van der Waals surface area contributed by atoms with Crippen molar-refractivity contribution in [3.63, 3.8) is 0 Å². The van der Waals surface area contributed by atoms with Crippen LogP contribution < -0.4 is 10.1 Å². The van der Waals surface area contributed by atoms with Gasteiger partial charge in [0.25, 0.3) is 5.91 Å². The Balaban J connectivity index is 1.53. The van der Waals surface area contributed by atoms with E-state index in [1.807, 2.05) is 17.5 Å². The number of rotatable bonds is 4. The average molecular weight is 409 g/mol. The molecule has 3 aromatic heterocycles. The van der Waals surface area contributed by atoms with Gasteiger partial charge < -0.3 is 10.1 Å². The minimum atomic E-state index is -4.76. The second kappa shape index (κ2) is 6.71. The molecule has 0 aliphatic heterocycles. The smallest absolute Gasteiger partial charge is 0.406 e. The summed E-state index contributed by atoms with van der Waals surface area (Å²) < 4.78 is 42.1. The Labute approximate surface area is 158 Å². The largest absolute Gasteiger partial charge is 0.573 e. The van der Waals surface area contributed by atoms with E-state index >= 15 is 0 Å². The Kier molecular flexibility index (Phi) is 4.36. The Morgan fingerprint density at radius 1 is 1.15 bits per heavy atom. The van der Waals surface area contributed by atoms with Gasteiger partial charge in [0.1, 0.15) is 17.1 Å². The van der Waals surface area contributed by atoms with E-state index in [1.54, 1.807) is 27.3 Å². The number of ether oxygens (including phenoxy) is 1. The first-order valence-electron chi connectivity index (χ1n) is 7.57. The van der Waals surface area contributed by atoms with Gasteiger partial charge in [0.2, 0.25) is 0 Å². The van der Waals surface area contributed by atoms with Gasteiger partial charge in [0.15, 0.2) is 4.96 Å². The van der Waals surface area contributed by atoms with Gasteiger partial charge in [-0.1, -0.05) is 6.07 Å². The molecule has 1 N–H and O–H groups in total. The summed E-state index contributed by atoms with van der Waals surface area (Å²) in [5.74, 6) is -0.741. The molecule has 0 bridgehead atoms. The number of benzene rings is 1. The van der Waals surface area contributed by atoms with Crippen molar-refractivity contribution in [3.8, 4) is 16.3 Å². The molecular formula is C17H10F3N3O2S2. The van der Waals surface area contributed by atoms with Gasteiger partial charge in [0.05, 0.1) is 4.88 Å². The third-order valence-corrected chi connectivity index (χ3v) is 5.29. The van der Waals surface area contributed by atoms with Crippen LogP contribution in [-0.2, 0) is 0 Å². The zero-order valence-electron chi connectivity index (χ0n) is 13.4. The number of amides is 1. The maximum Gasteiger partial charge on any atom is 0.573 e. The number of alkyl halides is 3. The van der Waals surface area contributed by atoms with Gasteiger partial charge in [-0.3, -0.25) is 9.20 Å². The van der Waals surface area contributed by atoms with E-state index in [1.165, 1.54) is 23.5 Å². The molecule has 3 heterocycles. The topological polar surface area (TPSA) is 55.6 Å². The normalized spacial score (nSPS) is 11.7. The van der Waals surface area contributed by atoms with Gasteiger partial charge in [0, 0.05) is 17.3 Å². The molecule has 0 saturated carbocycles. The summed E-state index contributed by atoms with van der Waals surface area (Å²) in [4.78, 5) is 18.7. The number of thiazole rings is 1. The lowest BCUT2D eigenvalue weighted by Crippen LogP contribution is -2.17. The van der Waals surface area contributed by atoms with Crippen LogP contribution in [0.3, 0.4) is 0 Å². The summed E-state index contributed by atoms with van der Waals surface area (Å²) in [6.45, 7) is 0. The predicted molar refractivity (Wildman–Crippen MR) is 97.5 cm³/mol. The molecule has 1 aromatic carbocycles.